The van der Waals surface area contributed by atoms with Gasteiger partial charge in [0, 0.05) is 34.0 Å². The van der Waals surface area contributed by atoms with Crippen molar-refractivity contribution in [3.05, 3.63) is 65.2 Å². The van der Waals surface area contributed by atoms with Crippen molar-refractivity contribution in [2.24, 2.45) is 0 Å². The third-order valence-corrected chi connectivity index (χ3v) is 7.13. The molecule has 0 saturated heterocycles. The van der Waals surface area contributed by atoms with E-state index in [2.05, 4.69) is 15.7 Å². The molecule has 0 atom stereocenters. The maximum absolute atomic E-state index is 12.7. The molecule has 2 aromatic heterocycles. The highest BCUT2D eigenvalue weighted by Gasteiger charge is 2.32. The van der Waals surface area contributed by atoms with E-state index in [1.807, 2.05) is 36.4 Å². The number of thiophene rings is 1. The van der Waals surface area contributed by atoms with Gasteiger partial charge in [0.2, 0.25) is 0 Å². The lowest BCUT2D eigenvalue weighted by atomic mass is 10.1. The van der Waals surface area contributed by atoms with Crippen LogP contribution in [-0.2, 0) is 0 Å². The smallest absolute Gasteiger partial charge is 0.342 e. The van der Waals surface area contributed by atoms with Crippen molar-refractivity contribution in [2.45, 2.75) is 37.6 Å². The molecule has 2 saturated carbocycles. The number of aromatic hydroxyl groups is 1. The Labute approximate surface area is 194 Å². The summed E-state index contributed by atoms with van der Waals surface area (Å²) in [5, 5.41) is 22.1. The number of benzene rings is 2. The van der Waals surface area contributed by atoms with Gasteiger partial charge in [-0.2, -0.15) is 9.78 Å². The fourth-order valence-electron chi connectivity index (χ4n) is 3.94. The van der Waals surface area contributed by atoms with Gasteiger partial charge in [-0.3, -0.25) is 4.79 Å². The molecule has 4 aromatic rings. The standard InChI is InChI=1S/C25H22N4O3S/c30-21-12-17(26-24(31)23-11-15-3-1-2-4-22(15)33-23)9-10-18(21)19-13-20(14-5-6-14)29(28-19)25(32)27-16-7-8-16/h1-4,9-14,16,30H,5-8H2,(H,26,31)(H,27,32). The molecule has 0 unspecified atom stereocenters. The zero-order chi connectivity index (χ0) is 22.5. The lowest BCUT2D eigenvalue weighted by Gasteiger charge is -2.07. The summed E-state index contributed by atoms with van der Waals surface area (Å²) in [6.45, 7) is 0. The number of anilines is 1. The van der Waals surface area contributed by atoms with E-state index in [1.165, 1.54) is 22.1 Å². The van der Waals surface area contributed by atoms with Crippen LogP contribution in [0.5, 0.6) is 5.75 Å². The fraction of sp³-hybridized carbons (Fsp3) is 0.240. The Balaban J connectivity index is 1.24. The summed E-state index contributed by atoms with van der Waals surface area (Å²) >= 11 is 1.43. The van der Waals surface area contributed by atoms with Crippen LogP contribution in [0.4, 0.5) is 10.5 Å². The van der Waals surface area contributed by atoms with E-state index in [0.29, 0.717) is 27.7 Å². The average Bonchev–Trinajstić information content (AvgIpc) is 3.72. The lowest BCUT2D eigenvalue weighted by molar-refractivity contribution is 0.103. The normalized spacial score (nSPS) is 15.5. The van der Waals surface area contributed by atoms with Crippen LogP contribution >= 0.6 is 11.3 Å². The predicted molar refractivity (Wildman–Crippen MR) is 128 cm³/mol. The van der Waals surface area contributed by atoms with Crippen molar-refractivity contribution in [3.8, 4) is 17.0 Å². The summed E-state index contributed by atoms with van der Waals surface area (Å²) in [5.74, 6) is 0.109. The number of carbonyl (C=O) groups excluding carboxylic acids is 2. The second-order valence-corrected chi connectivity index (χ2v) is 9.78. The van der Waals surface area contributed by atoms with Gasteiger partial charge in [-0.15, -0.1) is 11.3 Å². The Kier molecular flexibility index (Phi) is 4.69. The van der Waals surface area contributed by atoms with Gasteiger partial charge >= 0.3 is 6.03 Å². The first kappa shape index (κ1) is 20.0. The summed E-state index contributed by atoms with van der Waals surface area (Å²) in [4.78, 5) is 25.9. The van der Waals surface area contributed by atoms with Crippen molar-refractivity contribution < 1.29 is 14.7 Å². The number of hydrogen-bond acceptors (Lipinski definition) is 5. The summed E-state index contributed by atoms with van der Waals surface area (Å²) in [5.41, 5.74) is 2.44. The van der Waals surface area contributed by atoms with Crippen LogP contribution in [0.25, 0.3) is 21.3 Å². The summed E-state index contributed by atoms with van der Waals surface area (Å²) in [6, 6.07) is 16.6. The number of nitrogens with zero attached hydrogens (tertiary/aromatic N) is 2. The Morgan fingerprint density at radius 2 is 1.85 bits per heavy atom. The average molecular weight is 459 g/mol. The molecule has 3 N–H and O–H groups in total. The molecule has 2 aliphatic carbocycles. The third-order valence-electron chi connectivity index (χ3n) is 6.01. The zero-order valence-corrected chi connectivity index (χ0v) is 18.6. The van der Waals surface area contributed by atoms with Crippen LogP contribution in [-0.4, -0.2) is 32.9 Å². The molecule has 166 valence electrons. The van der Waals surface area contributed by atoms with E-state index in [9.17, 15) is 14.7 Å². The Bertz CT molecular complexity index is 1360. The Morgan fingerprint density at radius 3 is 2.58 bits per heavy atom. The first-order valence-corrected chi connectivity index (χ1v) is 11.9. The van der Waals surface area contributed by atoms with Crippen LogP contribution in [0.15, 0.2) is 54.6 Å². The van der Waals surface area contributed by atoms with Gasteiger partial charge in [-0.1, -0.05) is 18.2 Å². The van der Waals surface area contributed by atoms with Crippen molar-refractivity contribution in [1.82, 2.24) is 15.1 Å². The van der Waals surface area contributed by atoms with Crippen LogP contribution in [0.2, 0.25) is 0 Å². The Morgan fingerprint density at radius 1 is 1.03 bits per heavy atom. The van der Waals surface area contributed by atoms with E-state index in [0.717, 1.165) is 41.5 Å². The van der Waals surface area contributed by atoms with E-state index in [4.69, 9.17) is 0 Å². The highest BCUT2D eigenvalue weighted by molar-refractivity contribution is 7.20. The van der Waals surface area contributed by atoms with E-state index in [-0.39, 0.29) is 23.7 Å². The summed E-state index contributed by atoms with van der Waals surface area (Å²) in [7, 11) is 0. The van der Waals surface area contributed by atoms with Gasteiger partial charge < -0.3 is 15.7 Å². The molecule has 2 aliphatic rings. The topological polar surface area (TPSA) is 96.3 Å². The number of nitrogens with one attached hydrogen (secondary N) is 2. The van der Waals surface area contributed by atoms with Crippen LogP contribution < -0.4 is 10.6 Å². The van der Waals surface area contributed by atoms with Crippen molar-refractivity contribution in [1.29, 1.82) is 0 Å². The monoisotopic (exact) mass is 458 g/mol. The second-order valence-electron chi connectivity index (χ2n) is 8.70. The number of amides is 2. The molecule has 0 bridgehead atoms. The fourth-order valence-corrected chi connectivity index (χ4v) is 4.89. The first-order chi connectivity index (χ1) is 16.0. The van der Waals surface area contributed by atoms with Crippen molar-refractivity contribution in [3.63, 3.8) is 0 Å². The molecule has 2 aromatic carbocycles. The van der Waals surface area contributed by atoms with E-state index in [1.54, 1.807) is 12.1 Å². The molecule has 7 nitrogen and oxygen atoms in total. The minimum atomic E-state index is -0.222. The molecule has 6 rings (SSSR count). The van der Waals surface area contributed by atoms with E-state index < -0.39 is 0 Å². The second kappa shape index (κ2) is 7.74. The highest BCUT2D eigenvalue weighted by atomic mass is 32.1. The molecule has 33 heavy (non-hydrogen) atoms. The first-order valence-electron chi connectivity index (χ1n) is 11.1. The van der Waals surface area contributed by atoms with Crippen molar-refractivity contribution in [2.75, 3.05) is 5.32 Å². The molecule has 0 spiro atoms. The van der Waals surface area contributed by atoms with Crippen LogP contribution in [0, 0.1) is 0 Å². The van der Waals surface area contributed by atoms with Gasteiger partial charge in [0.25, 0.3) is 5.91 Å². The number of rotatable bonds is 5. The quantitative estimate of drug-likeness (QED) is 0.377. The highest BCUT2D eigenvalue weighted by Crippen LogP contribution is 2.42. The molecule has 2 amide bonds. The zero-order valence-electron chi connectivity index (χ0n) is 17.7. The maximum atomic E-state index is 12.7. The molecular weight excluding hydrogens is 436 g/mol. The summed E-state index contributed by atoms with van der Waals surface area (Å²) < 4.78 is 2.50. The number of hydrogen-bond donors (Lipinski definition) is 3. The number of phenols is 1. The molecule has 2 heterocycles. The molecule has 2 fully saturated rings. The molecule has 8 heteroatoms. The van der Waals surface area contributed by atoms with Gasteiger partial charge in [0.1, 0.15) is 5.75 Å². The van der Waals surface area contributed by atoms with Gasteiger partial charge in [0.05, 0.1) is 16.3 Å². The van der Waals surface area contributed by atoms with Gasteiger partial charge in [-0.25, -0.2) is 4.79 Å². The van der Waals surface area contributed by atoms with Gasteiger partial charge in [0.15, 0.2) is 0 Å². The van der Waals surface area contributed by atoms with Crippen LogP contribution in [0.3, 0.4) is 0 Å². The molecular formula is C25H22N4O3S. The number of carbonyl (C=O) groups is 2. The number of aromatic nitrogens is 2. The molecule has 0 aliphatic heterocycles. The molecule has 0 radical (unpaired) electrons. The Hall–Kier alpha value is -3.65. The minimum absolute atomic E-state index is 0.00117. The minimum Gasteiger partial charge on any atom is -0.507 e. The SMILES string of the molecule is O=C(Nc1ccc(-c2cc(C3CC3)n(C(=O)NC3CC3)n2)c(O)c1)c1cc2ccccc2s1. The van der Waals surface area contributed by atoms with E-state index >= 15 is 0 Å². The lowest BCUT2D eigenvalue weighted by Crippen LogP contribution is -2.32. The number of phenolic OH excluding ortho intramolecular Hbond substituents is 1. The maximum Gasteiger partial charge on any atom is 0.342 e. The van der Waals surface area contributed by atoms with Crippen LogP contribution in [0.1, 0.15) is 47.0 Å². The van der Waals surface area contributed by atoms with Crippen molar-refractivity contribution >= 4 is 39.0 Å². The summed E-state index contributed by atoms with van der Waals surface area (Å²) in [6.07, 6.45) is 4.09. The number of fused-ring (bicyclic) bond motifs is 1. The third kappa shape index (κ3) is 3.98. The predicted octanol–water partition coefficient (Wildman–Crippen LogP) is 5.32. The largest absolute Gasteiger partial charge is 0.507 e. The van der Waals surface area contributed by atoms with Gasteiger partial charge in [-0.05, 0) is 61.4 Å².